The van der Waals surface area contributed by atoms with Gasteiger partial charge in [-0.05, 0) is 41.5 Å². The minimum Gasteiger partial charge on any atom is -0.454 e. The molecule has 30 heavy (non-hydrogen) atoms. The van der Waals surface area contributed by atoms with Gasteiger partial charge in [0.1, 0.15) is 0 Å². The number of benzene rings is 2. The largest absolute Gasteiger partial charge is 0.454 e. The first-order valence-corrected chi connectivity index (χ1v) is 9.33. The standard InChI is InChI=1S/C21H20N4O5/c26-17(15-3-5-16(6-4-15)25-9-1-8-24-25)12-23-21(28)20(27)22-11-14-2-7-18-19(10-14)30-13-29-18/h1-10,17,26H,11-13H2,(H,22,27)(H,23,28). The van der Waals surface area contributed by atoms with E-state index in [4.69, 9.17) is 9.47 Å². The summed E-state index contributed by atoms with van der Waals surface area (Å²) in [5.74, 6) is -0.348. The Balaban J connectivity index is 1.25. The van der Waals surface area contributed by atoms with Crippen LogP contribution in [0.1, 0.15) is 17.2 Å². The van der Waals surface area contributed by atoms with Crippen LogP contribution in [0.25, 0.3) is 5.69 Å². The Bertz CT molecular complexity index is 1030. The van der Waals surface area contributed by atoms with Crippen LogP contribution in [0.3, 0.4) is 0 Å². The highest BCUT2D eigenvalue weighted by Gasteiger charge is 2.17. The molecule has 4 rings (SSSR count). The predicted molar refractivity (Wildman–Crippen MR) is 106 cm³/mol. The lowest BCUT2D eigenvalue weighted by Crippen LogP contribution is -2.41. The predicted octanol–water partition coefficient (Wildman–Crippen LogP) is 1.07. The van der Waals surface area contributed by atoms with Gasteiger partial charge < -0.3 is 25.2 Å². The van der Waals surface area contributed by atoms with Gasteiger partial charge in [-0.15, -0.1) is 0 Å². The minimum atomic E-state index is -0.942. The van der Waals surface area contributed by atoms with Crippen molar-refractivity contribution >= 4 is 11.8 Å². The Hall–Kier alpha value is -3.85. The van der Waals surface area contributed by atoms with Gasteiger partial charge in [0, 0.05) is 25.5 Å². The lowest BCUT2D eigenvalue weighted by molar-refractivity contribution is -0.139. The van der Waals surface area contributed by atoms with Crippen molar-refractivity contribution < 1.29 is 24.2 Å². The topological polar surface area (TPSA) is 115 Å². The van der Waals surface area contributed by atoms with Crippen LogP contribution in [0.2, 0.25) is 0 Å². The van der Waals surface area contributed by atoms with Crippen molar-refractivity contribution in [2.24, 2.45) is 0 Å². The summed E-state index contributed by atoms with van der Waals surface area (Å²) < 4.78 is 12.2. The number of rotatable bonds is 6. The molecule has 0 saturated carbocycles. The van der Waals surface area contributed by atoms with Gasteiger partial charge in [0.15, 0.2) is 11.5 Å². The molecule has 2 heterocycles. The second-order valence-corrected chi connectivity index (χ2v) is 6.64. The highest BCUT2D eigenvalue weighted by molar-refractivity contribution is 6.35. The van der Waals surface area contributed by atoms with E-state index in [9.17, 15) is 14.7 Å². The van der Waals surface area contributed by atoms with E-state index in [-0.39, 0.29) is 19.9 Å². The maximum Gasteiger partial charge on any atom is 0.309 e. The number of ether oxygens (including phenoxy) is 2. The Kier molecular flexibility index (Phi) is 5.62. The van der Waals surface area contributed by atoms with Crippen molar-refractivity contribution in [3.63, 3.8) is 0 Å². The van der Waals surface area contributed by atoms with Crippen LogP contribution in [-0.2, 0) is 16.1 Å². The number of nitrogens with zero attached hydrogens (tertiary/aromatic N) is 2. The molecule has 3 N–H and O–H groups in total. The number of carbonyl (C=O) groups excluding carboxylic acids is 2. The molecule has 0 spiro atoms. The van der Waals surface area contributed by atoms with Gasteiger partial charge >= 0.3 is 11.8 Å². The normalized spacial score (nSPS) is 13.0. The molecule has 3 aromatic rings. The number of amides is 2. The number of aliphatic hydroxyl groups excluding tert-OH is 1. The molecule has 0 fully saturated rings. The number of aliphatic hydroxyl groups is 1. The maximum absolute atomic E-state index is 12.0. The highest BCUT2D eigenvalue weighted by Crippen LogP contribution is 2.32. The van der Waals surface area contributed by atoms with Gasteiger partial charge in [0.2, 0.25) is 6.79 Å². The van der Waals surface area contributed by atoms with Gasteiger partial charge in [-0.3, -0.25) is 9.59 Å². The smallest absolute Gasteiger partial charge is 0.309 e. The molecule has 0 bridgehead atoms. The molecule has 1 aliphatic rings. The molecule has 9 heteroatoms. The molecular formula is C21H20N4O5. The number of nitrogens with one attached hydrogen (secondary N) is 2. The minimum absolute atomic E-state index is 0.0859. The summed E-state index contributed by atoms with van der Waals surface area (Å²) in [6.07, 6.45) is 2.55. The SMILES string of the molecule is O=C(NCc1ccc2c(c1)OCO2)C(=O)NCC(O)c1ccc(-n2cccn2)cc1. The van der Waals surface area contributed by atoms with Gasteiger partial charge in [0.25, 0.3) is 0 Å². The summed E-state index contributed by atoms with van der Waals surface area (Å²) in [6, 6.07) is 14.2. The molecule has 1 aromatic heterocycles. The number of fused-ring (bicyclic) bond motifs is 1. The Morgan fingerprint density at radius 1 is 1.07 bits per heavy atom. The summed E-state index contributed by atoms with van der Waals surface area (Å²) in [5.41, 5.74) is 2.24. The van der Waals surface area contributed by atoms with Crippen molar-refractivity contribution in [1.29, 1.82) is 0 Å². The highest BCUT2D eigenvalue weighted by atomic mass is 16.7. The van der Waals surface area contributed by atoms with E-state index in [0.29, 0.717) is 17.1 Å². The third-order valence-corrected chi connectivity index (χ3v) is 4.60. The Labute approximate surface area is 172 Å². The second-order valence-electron chi connectivity index (χ2n) is 6.64. The molecule has 0 radical (unpaired) electrons. The van der Waals surface area contributed by atoms with E-state index in [1.165, 1.54) is 0 Å². The molecule has 2 aromatic carbocycles. The Morgan fingerprint density at radius 2 is 1.83 bits per heavy atom. The van der Waals surface area contributed by atoms with Crippen LogP contribution < -0.4 is 20.1 Å². The summed E-state index contributed by atoms with van der Waals surface area (Å²) >= 11 is 0. The van der Waals surface area contributed by atoms with E-state index in [1.807, 2.05) is 24.4 Å². The van der Waals surface area contributed by atoms with Crippen molar-refractivity contribution in [2.75, 3.05) is 13.3 Å². The average Bonchev–Trinajstić information content (AvgIpc) is 3.47. The number of hydrogen-bond donors (Lipinski definition) is 3. The maximum atomic E-state index is 12.0. The lowest BCUT2D eigenvalue weighted by Gasteiger charge is -2.13. The van der Waals surface area contributed by atoms with E-state index < -0.39 is 17.9 Å². The first kappa shape index (κ1) is 19.5. The van der Waals surface area contributed by atoms with E-state index in [0.717, 1.165) is 11.3 Å². The van der Waals surface area contributed by atoms with Crippen molar-refractivity contribution in [3.8, 4) is 17.2 Å². The lowest BCUT2D eigenvalue weighted by atomic mass is 10.1. The van der Waals surface area contributed by atoms with Crippen LogP contribution >= 0.6 is 0 Å². The van der Waals surface area contributed by atoms with Crippen molar-refractivity contribution in [3.05, 3.63) is 72.1 Å². The molecule has 2 amide bonds. The molecule has 154 valence electrons. The zero-order valence-corrected chi connectivity index (χ0v) is 15.9. The first-order valence-electron chi connectivity index (χ1n) is 9.33. The van der Waals surface area contributed by atoms with Crippen LogP contribution in [-0.4, -0.2) is 40.0 Å². The summed E-state index contributed by atoms with van der Waals surface area (Å²) in [7, 11) is 0. The van der Waals surface area contributed by atoms with Crippen molar-refractivity contribution in [1.82, 2.24) is 20.4 Å². The van der Waals surface area contributed by atoms with Gasteiger partial charge in [-0.1, -0.05) is 18.2 Å². The van der Waals surface area contributed by atoms with Gasteiger partial charge in [0.05, 0.1) is 11.8 Å². The average molecular weight is 408 g/mol. The molecule has 0 aliphatic carbocycles. The first-order chi connectivity index (χ1) is 14.6. The van der Waals surface area contributed by atoms with E-state index in [1.54, 1.807) is 41.2 Å². The Morgan fingerprint density at radius 3 is 2.60 bits per heavy atom. The summed E-state index contributed by atoms with van der Waals surface area (Å²) in [6.45, 7) is 0.250. The summed E-state index contributed by atoms with van der Waals surface area (Å²) in [4.78, 5) is 24.0. The van der Waals surface area contributed by atoms with Crippen LogP contribution in [0.4, 0.5) is 0 Å². The fraction of sp³-hybridized carbons (Fsp3) is 0.190. The fourth-order valence-electron chi connectivity index (χ4n) is 2.97. The molecule has 1 unspecified atom stereocenters. The third-order valence-electron chi connectivity index (χ3n) is 4.60. The molecule has 1 atom stereocenters. The van der Waals surface area contributed by atoms with Gasteiger partial charge in [-0.2, -0.15) is 5.10 Å². The van der Waals surface area contributed by atoms with Gasteiger partial charge in [-0.25, -0.2) is 4.68 Å². The molecule has 1 aliphatic heterocycles. The number of aromatic nitrogens is 2. The van der Waals surface area contributed by atoms with E-state index in [2.05, 4.69) is 15.7 Å². The van der Waals surface area contributed by atoms with Crippen molar-refractivity contribution in [2.45, 2.75) is 12.6 Å². The summed E-state index contributed by atoms with van der Waals surface area (Å²) in [5, 5.41) is 19.4. The molecule has 0 saturated heterocycles. The molecular weight excluding hydrogens is 388 g/mol. The zero-order valence-electron chi connectivity index (χ0n) is 15.9. The van der Waals surface area contributed by atoms with Crippen LogP contribution in [0, 0.1) is 0 Å². The van der Waals surface area contributed by atoms with Crippen LogP contribution in [0.5, 0.6) is 11.5 Å². The van der Waals surface area contributed by atoms with Crippen LogP contribution in [0.15, 0.2) is 60.9 Å². The zero-order chi connectivity index (χ0) is 20.9. The fourth-order valence-corrected chi connectivity index (χ4v) is 2.97. The number of hydrogen-bond acceptors (Lipinski definition) is 6. The van der Waals surface area contributed by atoms with E-state index >= 15 is 0 Å². The third kappa shape index (κ3) is 4.41. The number of carbonyl (C=O) groups is 2. The monoisotopic (exact) mass is 408 g/mol. The molecule has 9 nitrogen and oxygen atoms in total. The quantitative estimate of drug-likeness (QED) is 0.526. The second kappa shape index (κ2) is 8.66.